The molecule has 0 bridgehead atoms. The number of hydrogen-bond donors (Lipinski definition) is 0. The third-order valence-corrected chi connectivity index (χ3v) is 4.43. The number of hydrogen-bond acceptors (Lipinski definition) is 1. The lowest BCUT2D eigenvalue weighted by Crippen LogP contribution is -1.98. The van der Waals surface area contributed by atoms with Gasteiger partial charge in [0.1, 0.15) is 5.75 Å². The van der Waals surface area contributed by atoms with E-state index in [0.29, 0.717) is 0 Å². The summed E-state index contributed by atoms with van der Waals surface area (Å²) in [6, 6.07) is 18.7. The summed E-state index contributed by atoms with van der Waals surface area (Å²) in [6.07, 6.45) is 14.9. The van der Waals surface area contributed by atoms with Crippen molar-refractivity contribution in [3.05, 3.63) is 65.7 Å². The van der Waals surface area contributed by atoms with E-state index < -0.39 is 0 Å². The van der Waals surface area contributed by atoms with E-state index in [2.05, 4.69) is 61.5 Å². The van der Waals surface area contributed by atoms with Gasteiger partial charge in [0.05, 0.1) is 6.61 Å². The van der Waals surface area contributed by atoms with E-state index in [1.807, 2.05) is 12.1 Å². The fourth-order valence-electron chi connectivity index (χ4n) is 2.92. The molecule has 0 aromatic heterocycles. The van der Waals surface area contributed by atoms with Crippen LogP contribution in [0.2, 0.25) is 0 Å². The third kappa shape index (κ3) is 8.07. The minimum atomic E-state index is 0.811. The molecule has 0 aliphatic heterocycles. The summed E-state index contributed by atoms with van der Waals surface area (Å²) in [6.45, 7) is 3.08. The van der Waals surface area contributed by atoms with E-state index in [9.17, 15) is 0 Å². The molecule has 0 saturated carbocycles. The van der Waals surface area contributed by atoms with Crippen LogP contribution in [0.4, 0.5) is 0 Å². The fraction of sp³-hybridized carbons (Fsp3) is 0.417. The van der Waals surface area contributed by atoms with Crippen molar-refractivity contribution in [3.63, 3.8) is 0 Å². The van der Waals surface area contributed by atoms with Gasteiger partial charge in [-0.15, -0.1) is 0 Å². The van der Waals surface area contributed by atoms with Crippen molar-refractivity contribution >= 4 is 12.2 Å². The van der Waals surface area contributed by atoms with Crippen molar-refractivity contribution in [2.75, 3.05) is 6.61 Å². The van der Waals surface area contributed by atoms with Gasteiger partial charge >= 0.3 is 0 Å². The number of para-hydroxylation sites is 1. The predicted octanol–water partition coefficient (Wildman–Crippen LogP) is 7.38. The maximum absolute atomic E-state index is 6.02. The molecular weight excluding hydrogens is 304 g/mol. The highest BCUT2D eigenvalue weighted by Crippen LogP contribution is 2.21. The molecule has 25 heavy (non-hydrogen) atoms. The first kappa shape index (κ1) is 19.3. The lowest BCUT2D eigenvalue weighted by Gasteiger charge is -2.09. The first-order valence-corrected chi connectivity index (χ1v) is 9.85. The molecule has 0 saturated heterocycles. The van der Waals surface area contributed by atoms with Crippen molar-refractivity contribution in [2.45, 2.75) is 58.3 Å². The first-order valence-electron chi connectivity index (χ1n) is 9.85. The SMILES string of the molecule is CCCCCCCCCCOc1ccccc1C=Cc1ccccc1. The number of ether oxygens (including phenoxy) is 1. The van der Waals surface area contributed by atoms with Crippen molar-refractivity contribution < 1.29 is 4.74 Å². The Bertz CT molecular complexity index is 601. The Morgan fingerprint density at radius 1 is 0.680 bits per heavy atom. The molecule has 0 atom stereocenters. The molecule has 1 nitrogen and oxygen atoms in total. The van der Waals surface area contributed by atoms with E-state index in [1.54, 1.807) is 0 Å². The average Bonchev–Trinajstić information content (AvgIpc) is 2.66. The Labute approximate surface area is 153 Å². The summed E-state index contributed by atoms with van der Waals surface area (Å²) in [5.41, 5.74) is 2.35. The smallest absolute Gasteiger partial charge is 0.126 e. The molecule has 2 aromatic rings. The second kappa shape index (κ2) is 12.4. The van der Waals surface area contributed by atoms with Crippen LogP contribution < -0.4 is 4.74 Å². The monoisotopic (exact) mass is 336 g/mol. The van der Waals surface area contributed by atoms with Crippen LogP contribution in [0.25, 0.3) is 12.2 Å². The minimum Gasteiger partial charge on any atom is -0.493 e. The maximum Gasteiger partial charge on any atom is 0.126 e. The molecule has 0 aliphatic carbocycles. The van der Waals surface area contributed by atoms with E-state index in [0.717, 1.165) is 24.3 Å². The predicted molar refractivity (Wildman–Crippen MR) is 110 cm³/mol. The number of rotatable bonds is 12. The molecule has 2 aromatic carbocycles. The second-order valence-corrected chi connectivity index (χ2v) is 6.61. The fourth-order valence-corrected chi connectivity index (χ4v) is 2.92. The molecule has 0 aliphatic rings. The summed E-state index contributed by atoms with van der Waals surface area (Å²) in [4.78, 5) is 0. The normalized spacial score (nSPS) is 11.1. The van der Waals surface area contributed by atoms with Crippen LogP contribution >= 0.6 is 0 Å². The molecule has 0 heterocycles. The summed E-state index contributed by atoms with van der Waals surface area (Å²) in [7, 11) is 0. The quantitative estimate of drug-likeness (QED) is 0.290. The molecule has 2 rings (SSSR count). The van der Waals surface area contributed by atoms with Gasteiger partial charge in [0, 0.05) is 5.56 Å². The molecule has 0 amide bonds. The van der Waals surface area contributed by atoms with Crippen LogP contribution in [0.1, 0.15) is 69.4 Å². The highest BCUT2D eigenvalue weighted by atomic mass is 16.5. The van der Waals surface area contributed by atoms with Crippen molar-refractivity contribution in [2.24, 2.45) is 0 Å². The first-order chi connectivity index (χ1) is 12.4. The Morgan fingerprint density at radius 3 is 2.08 bits per heavy atom. The Morgan fingerprint density at radius 2 is 1.32 bits per heavy atom. The van der Waals surface area contributed by atoms with Crippen molar-refractivity contribution in [3.8, 4) is 5.75 Å². The van der Waals surface area contributed by atoms with Gasteiger partial charge in [-0.1, -0.05) is 113 Å². The minimum absolute atomic E-state index is 0.811. The standard InChI is InChI=1S/C24H32O/c1-2-3-4-5-6-7-8-14-21-25-24-18-13-12-17-23(24)20-19-22-15-10-9-11-16-22/h9-13,15-20H,2-8,14,21H2,1H3. The van der Waals surface area contributed by atoms with E-state index >= 15 is 0 Å². The van der Waals surface area contributed by atoms with Crippen LogP contribution in [0.5, 0.6) is 5.75 Å². The molecule has 0 unspecified atom stereocenters. The Kier molecular flexibility index (Phi) is 9.54. The molecule has 0 spiro atoms. The van der Waals surface area contributed by atoms with Crippen LogP contribution in [-0.2, 0) is 0 Å². The molecule has 0 radical (unpaired) electrons. The van der Waals surface area contributed by atoms with E-state index in [4.69, 9.17) is 4.74 Å². The summed E-state index contributed by atoms with van der Waals surface area (Å²) < 4.78 is 6.02. The van der Waals surface area contributed by atoms with Crippen molar-refractivity contribution in [1.82, 2.24) is 0 Å². The van der Waals surface area contributed by atoms with E-state index in [-0.39, 0.29) is 0 Å². The Balaban J connectivity index is 1.71. The van der Waals surface area contributed by atoms with Gasteiger partial charge < -0.3 is 4.74 Å². The number of benzene rings is 2. The second-order valence-electron chi connectivity index (χ2n) is 6.61. The molecular formula is C24H32O. The molecule has 134 valence electrons. The Hall–Kier alpha value is -2.02. The third-order valence-electron chi connectivity index (χ3n) is 4.43. The lowest BCUT2D eigenvalue weighted by molar-refractivity contribution is 0.303. The highest BCUT2D eigenvalue weighted by Gasteiger charge is 2.00. The van der Waals surface area contributed by atoms with Gasteiger partial charge in [-0.3, -0.25) is 0 Å². The number of unbranched alkanes of at least 4 members (excludes halogenated alkanes) is 7. The lowest BCUT2D eigenvalue weighted by atomic mass is 10.1. The molecule has 0 N–H and O–H groups in total. The molecule has 1 heteroatoms. The average molecular weight is 337 g/mol. The van der Waals surface area contributed by atoms with E-state index in [1.165, 1.54) is 50.5 Å². The van der Waals surface area contributed by atoms with Crippen LogP contribution in [0.3, 0.4) is 0 Å². The summed E-state index contributed by atoms with van der Waals surface area (Å²) >= 11 is 0. The van der Waals surface area contributed by atoms with Crippen molar-refractivity contribution in [1.29, 1.82) is 0 Å². The van der Waals surface area contributed by atoms with Gasteiger partial charge in [-0.2, -0.15) is 0 Å². The van der Waals surface area contributed by atoms with Gasteiger partial charge in [0.15, 0.2) is 0 Å². The topological polar surface area (TPSA) is 9.23 Å². The van der Waals surface area contributed by atoms with Gasteiger partial charge in [-0.25, -0.2) is 0 Å². The van der Waals surface area contributed by atoms with Crippen LogP contribution in [0, 0.1) is 0 Å². The van der Waals surface area contributed by atoms with Gasteiger partial charge in [-0.05, 0) is 18.1 Å². The molecule has 0 fully saturated rings. The summed E-state index contributed by atoms with van der Waals surface area (Å²) in [5.74, 6) is 0.984. The zero-order chi connectivity index (χ0) is 17.6. The van der Waals surface area contributed by atoms with Gasteiger partial charge in [0.2, 0.25) is 0 Å². The van der Waals surface area contributed by atoms with Gasteiger partial charge in [0.25, 0.3) is 0 Å². The highest BCUT2D eigenvalue weighted by molar-refractivity contribution is 5.72. The largest absolute Gasteiger partial charge is 0.493 e. The maximum atomic E-state index is 6.02. The zero-order valence-corrected chi connectivity index (χ0v) is 15.6. The van der Waals surface area contributed by atoms with Crippen LogP contribution in [-0.4, -0.2) is 6.61 Å². The summed E-state index contributed by atoms with van der Waals surface area (Å²) in [5, 5.41) is 0. The zero-order valence-electron chi connectivity index (χ0n) is 15.6. The van der Waals surface area contributed by atoms with Crippen LogP contribution in [0.15, 0.2) is 54.6 Å².